The summed E-state index contributed by atoms with van der Waals surface area (Å²) >= 11 is 0. The fraction of sp³-hybridized carbons (Fsp3) is 0.0248. The Bertz CT molecular complexity index is 8480. The van der Waals surface area contributed by atoms with Crippen LogP contribution in [0.5, 0.6) is 0 Å². The Balaban J connectivity index is 0.645. The average Bonchev–Trinajstić information content (AvgIpc) is 1.60. The maximum atomic E-state index is 5.73. The van der Waals surface area contributed by atoms with Gasteiger partial charge in [0.2, 0.25) is 0 Å². The van der Waals surface area contributed by atoms with Crippen molar-refractivity contribution in [3.63, 3.8) is 0 Å². The van der Waals surface area contributed by atoms with Gasteiger partial charge in [-0.15, -0.1) is 0 Å². The normalized spacial score (nSPS) is 12.9. The number of benzene rings is 17. The molecule has 1 aliphatic rings. The van der Waals surface area contributed by atoms with Crippen molar-refractivity contribution >= 4 is 65.4 Å². The van der Waals surface area contributed by atoms with Gasteiger partial charge in [-0.3, -0.25) is 0 Å². The summed E-state index contributed by atoms with van der Waals surface area (Å²) in [5.74, 6) is 2.34. The molecular formula is C121H79N11. The van der Waals surface area contributed by atoms with E-state index in [0.717, 1.165) is 189 Å². The fourth-order valence-electron chi connectivity index (χ4n) is 20.1. The standard InChI is InChI=1S/C121H79N11/c1-121(99-57-30-26-53-89(99)93-69-115-94(68-100(93)121)90-54-28-32-59-110(90)131(115)112-63-61-86(118-123-101(78-36-10-2-11-37-78)72-102(124-118)79-38-12-3-13-39-79)66-97(112)108-75-106(83-46-20-7-21-47-83)122-117(129-108)84-48-22-8-23-49-84)76-77-35-34-50-85(65-77)107-74-103(80-40-14-4-15-41-80)125-119(126-107)87-62-64-113(98(67-87)120-127-104(81-42-16-5-17-43-81)73-105(128-120)82-44-18-6-19-45-82)132-111-60-33-29-56-92(111)96-70-114-95(71-116(96)132)91-55-27-31-58-109(91)130(114)88-51-24-9-25-52-88/h2-75H,76H2,1H3. The Kier molecular flexibility index (Phi) is 18.5. The molecular weight excluding hydrogens is 1610 g/mol. The zero-order chi connectivity index (χ0) is 87.3. The van der Waals surface area contributed by atoms with E-state index in [1.165, 1.54) is 33.2 Å². The molecule has 1 atom stereocenters. The largest absolute Gasteiger partial charge is 0.309 e. The Morgan fingerprint density at radius 2 is 0.523 bits per heavy atom. The van der Waals surface area contributed by atoms with Crippen LogP contribution < -0.4 is 0 Å². The minimum atomic E-state index is -0.502. The number of para-hydroxylation sites is 4. The molecule has 1 aliphatic carbocycles. The Morgan fingerprint density at radius 3 is 0.992 bits per heavy atom. The third kappa shape index (κ3) is 13.4. The molecule has 0 bridgehead atoms. The Hall–Kier alpha value is -17.5. The molecule has 1 unspecified atom stereocenters. The second-order valence-corrected chi connectivity index (χ2v) is 34.3. The quantitative estimate of drug-likeness (QED) is 0.0885. The number of nitrogens with zero attached hydrogens (tertiary/aromatic N) is 11. The number of hydrogen-bond donors (Lipinski definition) is 0. The molecule has 132 heavy (non-hydrogen) atoms. The van der Waals surface area contributed by atoms with Gasteiger partial charge in [0.05, 0.1) is 90.0 Å². The molecule has 0 aliphatic heterocycles. The van der Waals surface area contributed by atoms with Gasteiger partial charge >= 0.3 is 0 Å². The lowest BCUT2D eigenvalue weighted by Crippen LogP contribution is -2.24. The van der Waals surface area contributed by atoms with E-state index in [1.807, 2.05) is 48.5 Å². The van der Waals surface area contributed by atoms with Crippen molar-refractivity contribution in [1.29, 1.82) is 0 Å². The first-order valence-corrected chi connectivity index (χ1v) is 44.8. The summed E-state index contributed by atoms with van der Waals surface area (Å²) in [6.07, 6.45) is 0.687. The number of aromatic nitrogens is 11. The zero-order valence-electron chi connectivity index (χ0n) is 71.9. The van der Waals surface area contributed by atoms with Gasteiger partial charge in [0.1, 0.15) is 0 Å². The van der Waals surface area contributed by atoms with Crippen molar-refractivity contribution in [3.8, 4) is 164 Å². The monoisotopic (exact) mass is 1690 g/mol. The van der Waals surface area contributed by atoms with Crippen LogP contribution in [0.15, 0.2) is 449 Å². The van der Waals surface area contributed by atoms with Crippen LogP contribution in [0.3, 0.4) is 0 Å². The van der Waals surface area contributed by atoms with Gasteiger partial charge in [-0.2, -0.15) is 0 Å². The molecule has 0 saturated heterocycles. The van der Waals surface area contributed by atoms with E-state index in [1.54, 1.807) is 0 Å². The lowest BCUT2D eigenvalue weighted by Gasteiger charge is -2.28. The van der Waals surface area contributed by atoms with Gasteiger partial charge < -0.3 is 13.7 Å². The molecule has 0 saturated carbocycles. The van der Waals surface area contributed by atoms with Gasteiger partial charge in [0.15, 0.2) is 23.3 Å². The Labute approximate surface area is 762 Å². The summed E-state index contributed by atoms with van der Waals surface area (Å²) in [6, 6.07) is 160. The van der Waals surface area contributed by atoms with Crippen LogP contribution in [-0.4, -0.2) is 53.6 Å². The maximum Gasteiger partial charge on any atom is 0.162 e. The second-order valence-electron chi connectivity index (χ2n) is 34.3. The number of rotatable bonds is 17. The maximum absolute atomic E-state index is 5.73. The zero-order valence-corrected chi connectivity index (χ0v) is 71.9. The van der Waals surface area contributed by atoms with E-state index in [-0.39, 0.29) is 0 Å². The summed E-state index contributed by atoms with van der Waals surface area (Å²) in [5, 5.41) is 6.84. The van der Waals surface area contributed by atoms with Crippen molar-refractivity contribution in [2.45, 2.75) is 18.8 Å². The topological polar surface area (TPSA) is 118 Å². The summed E-state index contributed by atoms with van der Waals surface area (Å²) in [4.78, 5) is 44.4. The van der Waals surface area contributed by atoms with E-state index in [4.69, 9.17) is 39.9 Å². The highest BCUT2D eigenvalue weighted by Gasteiger charge is 2.41. The molecule has 7 aromatic heterocycles. The molecule has 0 radical (unpaired) electrons. The molecule has 11 heteroatoms. The van der Waals surface area contributed by atoms with Crippen LogP contribution >= 0.6 is 0 Å². The Morgan fingerprint density at radius 1 is 0.189 bits per heavy atom. The molecule has 0 spiro atoms. The molecule has 0 fully saturated rings. The second kappa shape index (κ2) is 31.8. The summed E-state index contributed by atoms with van der Waals surface area (Å²) in [5.41, 5.74) is 32.6. The third-order valence-corrected chi connectivity index (χ3v) is 26.3. The SMILES string of the molecule is CC1(Cc2cccc(-c3cc(-c4ccccc4)nc(-c4ccc(-n5c6ccccc6c6cc7c(cc65)c5ccccc5n7-c5ccccc5)c(-c5nc(-c6ccccc6)cc(-c6ccccc6)n5)c4)n3)c2)c2ccccc2-c2cc3c(cc21)c1ccccc1n3-c1ccc(-c2nc(-c3ccccc3)cc(-c3ccccc3)n2)cc1-c1cc(-c2ccccc2)nc(-c2ccccc2)n1. The van der Waals surface area contributed by atoms with Crippen molar-refractivity contribution in [3.05, 3.63) is 466 Å². The molecule has 0 amide bonds. The lowest BCUT2D eigenvalue weighted by molar-refractivity contribution is 0.583. The van der Waals surface area contributed by atoms with Crippen molar-refractivity contribution in [2.75, 3.05) is 0 Å². The van der Waals surface area contributed by atoms with Gasteiger partial charge in [0.25, 0.3) is 0 Å². The average molecular weight is 1690 g/mol. The van der Waals surface area contributed by atoms with E-state index in [0.29, 0.717) is 29.7 Å². The lowest BCUT2D eigenvalue weighted by atomic mass is 9.75. The molecule has 618 valence electrons. The highest BCUT2D eigenvalue weighted by atomic mass is 15.0. The third-order valence-electron chi connectivity index (χ3n) is 26.3. The highest BCUT2D eigenvalue weighted by Crippen LogP contribution is 2.54. The number of fused-ring (bicyclic) bond motifs is 12. The molecule has 25 rings (SSSR count). The minimum Gasteiger partial charge on any atom is -0.309 e. The molecule has 17 aromatic carbocycles. The predicted molar refractivity (Wildman–Crippen MR) is 539 cm³/mol. The van der Waals surface area contributed by atoms with Gasteiger partial charge in [-0.25, -0.2) is 39.9 Å². The van der Waals surface area contributed by atoms with Crippen LogP contribution in [0.2, 0.25) is 0 Å². The van der Waals surface area contributed by atoms with Crippen molar-refractivity contribution in [2.24, 2.45) is 0 Å². The summed E-state index contributed by atoms with van der Waals surface area (Å²) in [7, 11) is 0. The first-order chi connectivity index (χ1) is 65.3. The predicted octanol–water partition coefficient (Wildman–Crippen LogP) is 29.7. The van der Waals surface area contributed by atoms with E-state index < -0.39 is 5.41 Å². The summed E-state index contributed by atoms with van der Waals surface area (Å²) in [6.45, 7) is 2.44. The van der Waals surface area contributed by atoms with Crippen molar-refractivity contribution < 1.29 is 0 Å². The van der Waals surface area contributed by atoms with Crippen molar-refractivity contribution in [1.82, 2.24) is 53.6 Å². The molecule has 11 nitrogen and oxygen atoms in total. The molecule has 0 N–H and O–H groups in total. The van der Waals surface area contributed by atoms with E-state index in [2.05, 4.69) is 421 Å². The van der Waals surface area contributed by atoms with Gasteiger partial charge in [-0.05, 0) is 156 Å². The van der Waals surface area contributed by atoms with Gasteiger partial charge in [-0.1, -0.05) is 335 Å². The highest BCUT2D eigenvalue weighted by molar-refractivity contribution is 6.20. The van der Waals surface area contributed by atoms with E-state index >= 15 is 0 Å². The van der Waals surface area contributed by atoms with Crippen LogP contribution in [0, 0.1) is 0 Å². The first-order valence-electron chi connectivity index (χ1n) is 44.8. The van der Waals surface area contributed by atoms with E-state index in [9.17, 15) is 0 Å². The van der Waals surface area contributed by atoms with Crippen LogP contribution in [0.25, 0.3) is 229 Å². The summed E-state index contributed by atoms with van der Waals surface area (Å²) < 4.78 is 7.28. The first kappa shape index (κ1) is 76.9. The van der Waals surface area contributed by atoms with Crippen LogP contribution in [0.1, 0.15) is 23.6 Å². The minimum absolute atomic E-state index is 0.502. The van der Waals surface area contributed by atoms with Gasteiger partial charge in [0, 0.05) is 110 Å². The number of hydrogen-bond acceptors (Lipinski definition) is 8. The van der Waals surface area contributed by atoms with Crippen LogP contribution in [-0.2, 0) is 11.8 Å². The van der Waals surface area contributed by atoms with Crippen LogP contribution in [0.4, 0.5) is 0 Å². The smallest absolute Gasteiger partial charge is 0.162 e. The fourth-order valence-corrected chi connectivity index (χ4v) is 20.1. The molecule has 7 heterocycles. The molecule has 24 aromatic rings.